The van der Waals surface area contributed by atoms with E-state index in [4.69, 9.17) is 9.47 Å². The van der Waals surface area contributed by atoms with Gasteiger partial charge in [-0.15, -0.1) is 0 Å². The summed E-state index contributed by atoms with van der Waals surface area (Å²) in [5, 5.41) is 54.5. The normalized spacial score (nSPS) is 19.9. The van der Waals surface area contributed by atoms with E-state index < -0.39 is 49.5 Å². The molecule has 6 N–H and O–H groups in total. The number of amides is 1. The van der Waals surface area contributed by atoms with Crippen LogP contribution >= 0.6 is 0 Å². The van der Waals surface area contributed by atoms with E-state index in [2.05, 4.69) is 104 Å². The topological polar surface area (TPSA) is 149 Å². The summed E-state index contributed by atoms with van der Waals surface area (Å²) in [5.41, 5.74) is 0. The summed E-state index contributed by atoms with van der Waals surface area (Å²) < 4.78 is 11.3. The van der Waals surface area contributed by atoms with Crippen LogP contribution in [0.5, 0.6) is 0 Å². The molecule has 0 bridgehead atoms. The van der Waals surface area contributed by atoms with Crippen LogP contribution in [0.15, 0.2) is 97.2 Å². The first-order valence-corrected chi connectivity index (χ1v) is 29.5. The monoisotopic (exact) mass is 1010 g/mol. The van der Waals surface area contributed by atoms with Gasteiger partial charge in [-0.05, 0) is 83.5 Å². The van der Waals surface area contributed by atoms with Crippen LogP contribution in [0, 0.1) is 0 Å². The lowest BCUT2D eigenvalue weighted by molar-refractivity contribution is -0.302. The number of aliphatic hydroxyl groups excluding tert-OH is 5. The summed E-state index contributed by atoms with van der Waals surface area (Å²) in [6, 6.07) is -0.831. The van der Waals surface area contributed by atoms with Crippen LogP contribution in [-0.4, -0.2) is 87.5 Å². The Hall–Kier alpha value is -2.89. The smallest absolute Gasteiger partial charge is 0.220 e. The van der Waals surface area contributed by atoms with Crippen molar-refractivity contribution in [3.63, 3.8) is 0 Å². The fourth-order valence-electron chi connectivity index (χ4n) is 8.76. The molecule has 0 aliphatic carbocycles. The maximum Gasteiger partial charge on any atom is 0.220 e. The molecule has 1 aliphatic heterocycles. The number of rotatable bonds is 49. The molecule has 1 fully saturated rings. The van der Waals surface area contributed by atoms with Gasteiger partial charge in [0.05, 0.1) is 25.4 Å². The van der Waals surface area contributed by atoms with Gasteiger partial charge in [-0.1, -0.05) is 246 Å². The van der Waals surface area contributed by atoms with Gasteiger partial charge in [0, 0.05) is 6.42 Å². The maximum absolute atomic E-state index is 13.1. The average Bonchev–Trinajstić information content (AvgIpc) is 3.38. The minimum atomic E-state index is -1.58. The molecule has 1 aliphatic rings. The number of aliphatic hydroxyl groups is 5. The molecule has 1 rings (SSSR count). The zero-order chi connectivity index (χ0) is 52.2. The number of allylic oxidation sites excluding steroid dienone is 15. The molecule has 1 amide bonds. The highest BCUT2D eigenvalue weighted by Crippen LogP contribution is 2.23. The number of ether oxygens (including phenoxy) is 2. The second kappa shape index (κ2) is 51.6. The lowest BCUT2D eigenvalue weighted by atomic mass is 9.99. The van der Waals surface area contributed by atoms with Crippen LogP contribution in [0.4, 0.5) is 0 Å². The van der Waals surface area contributed by atoms with Crippen molar-refractivity contribution in [1.29, 1.82) is 0 Å². The first kappa shape index (κ1) is 67.1. The van der Waals surface area contributed by atoms with Gasteiger partial charge in [0.15, 0.2) is 6.29 Å². The van der Waals surface area contributed by atoms with Crippen molar-refractivity contribution in [1.82, 2.24) is 5.32 Å². The minimum Gasteiger partial charge on any atom is -0.394 e. The van der Waals surface area contributed by atoms with E-state index in [0.717, 1.165) is 89.9 Å². The predicted molar refractivity (Wildman–Crippen MR) is 304 cm³/mol. The third-order valence-electron chi connectivity index (χ3n) is 13.4. The average molecular weight is 1010 g/mol. The Balaban J connectivity index is 2.24. The Morgan fingerprint density at radius 1 is 0.486 bits per heavy atom. The van der Waals surface area contributed by atoms with Crippen molar-refractivity contribution in [2.24, 2.45) is 0 Å². The minimum absolute atomic E-state index is 0.194. The lowest BCUT2D eigenvalue weighted by Gasteiger charge is -2.40. The summed E-state index contributed by atoms with van der Waals surface area (Å²) >= 11 is 0. The lowest BCUT2D eigenvalue weighted by Crippen LogP contribution is -2.60. The van der Waals surface area contributed by atoms with Crippen LogP contribution in [0.25, 0.3) is 0 Å². The van der Waals surface area contributed by atoms with Crippen LogP contribution in [0.2, 0.25) is 0 Å². The number of hydrogen-bond acceptors (Lipinski definition) is 8. The molecule has 9 nitrogen and oxygen atoms in total. The van der Waals surface area contributed by atoms with Gasteiger partial charge >= 0.3 is 0 Å². The molecule has 1 saturated heterocycles. The molecule has 0 aromatic carbocycles. The summed E-state index contributed by atoms with van der Waals surface area (Å²) in [7, 11) is 0. The van der Waals surface area contributed by atoms with Crippen molar-refractivity contribution in [3.05, 3.63) is 97.2 Å². The van der Waals surface area contributed by atoms with E-state index in [0.29, 0.717) is 6.42 Å². The molecule has 0 aromatic heterocycles. The van der Waals surface area contributed by atoms with Crippen LogP contribution in [-0.2, 0) is 14.3 Å². The van der Waals surface area contributed by atoms with Crippen molar-refractivity contribution in [3.8, 4) is 0 Å². The van der Waals surface area contributed by atoms with Crippen molar-refractivity contribution in [2.75, 3.05) is 13.2 Å². The summed E-state index contributed by atoms with van der Waals surface area (Å²) in [6.45, 7) is 3.65. The molecular formula is C63H109NO8. The first-order valence-electron chi connectivity index (χ1n) is 29.5. The van der Waals surface area contributed by atoms with E-state index in [9.17, 15) is 30.3 Å². The van der Waals surface area contributed by atoms with Gasteiger partial charge in [0.25, 0.3) is 0 Å². The number of carbonyl (C=O) groups is 1. The number of carbonyl (C=O) groups excluding carboxylic acids is 1. The second-order valence-electron chi connectivity index (χ2n) is 20.0. The molecule has 0 saturated carbocycles. The molecule has 1 heterocycles. The largest absolute Gasteiger partial charge is 0.394 e. The molecule has 0 spiro atoms. The Labute approximate surface area is 441 Å². The van der Waals surface area contributed by atoms with Crippen LogP contribution < -0.4 is 5.32 Å². The molecular weight excluding hydrogens is 899 g/mol. The van der Waals surface area contributed by atoms with Crippen LogP contribution in [0.3, 0.4) is 0 Å². The SMILES string of the molecule is CC/C=C\C/C=C\C/C=C\C/C=C\C/C=C\C/C=C\CCCCCCCCCCCCC(=O)NC(COC1OC(CO)C(O)C(O)C1O)C(O)/C=C/CC/C=C/CCCCCCCCCCCCCCCC. The van der Waals surface area contributed by atoms with Crippen LogP contribution in [0.1, 0.15) is 239 Å². The van der Waals surface area contributed by atoms with Gasteiger partial charge < -0.3 is 40.3 Å². The highest BCUT2D eigenvalue weighted by Gasteiger charge is 2.44. The van der Waals surface area contributed by atoms with E-state index in [-0.39, 0.29) is 12.5 Å². The van der Waals surface area contributed by atoms with Gasteiger partial charge in [0.2, 0.25) is 5.91 Å². The standard InChI is InChI=1S/C63H109NO8/c1-3-5-7-9-11-13-15-17-19-21-23-25-26-27-28-29-30-31-32-33-35-37-39-41-43-45-47-49-51-53-59(67)64-56(55-71-63-62(70)61(69)60(68)58(54-65)72-63)57(66)52-50-48-46-44-42-40-38-36-34-24-22-20-18-16-14-12-10-8-6-4-2/h5,7,11,13,17,19,23,25,27-28,30-31,42,44,50,52,56-58,60-63,65-66,68-70H,3-4,6,8-10,12,14-16,18,20-22,24,26,29,32-41,43,45-49,51,53-55H2,1-2H3,(H,64,67)/b7-5-,13-11-,19-17-,25-23-,28-27-,31-30-,44-42+,52-50+. The van der Waals surface area contributed by atoms with Gasteiger partial charge in [-0.25, -0.2) is 0 Å². The summed E-state index contributed by atoms with van der Waals surface area (Å²) in [6.07, 6.45) is 67.5. The fraction of sp³-hybridized carbons (Fsp3) is 0.730. The Morgan fingerprint density at radius 3 is 1.33 bits per heavy atom. The first-order chi connectivity index (χ1) is 35.3. The maximum atomic E-state index is 13.1. The molecule has 7 unspecified atom stereocenters. The highest BCUT2D eigenvalue weighted by atomic mass is 16.7. The molecule has 414 valence electrons. The highest BCUT2D eigenvalue weighted by molar-refractivity contribution is 5.76. The van der Waals surface area contributed by atoms with Crippen molar-refractivity contribution >= 4 is 5.91 Å². The van der Waals surface area contributed by atoms with Gasteiger partial charge in [0.1, 0.15) is 24.4 Å². The Morgan fingerprint density at radius 2 is 0.875 bits per heavy atom. The van der Waals surface area contributed by atoms with E-state index in [1.165, 1.54) is 128 Å². The van der Waals surface area contributed by atoms with E-state index >= 15 is 0 Å². The predicted octanol–water partition coefficient (Wildman–Crippen LogP) is 14.8. The van der Waals surface area contributed by atoms with E-state index in [1.807, 2.05) is 6.08 Å². The molecule has 72 heavy (non-hydrogen) atoms. The Bertz CT molecular complexity index is 1450. The zero-order valence-corrected chi connectivity index (χ0v) is 45.9. The van der Waals surface area contributed by atoms with Crippen molar-refractivity contribution in [2.45, 2.75) is 281 Å². The number of hydrogen-bond donors (Lipinski definition) is 6. The zero-order valence-electron chi connectivity index (χ0n) is 45.9. The molecule has 9 heteroatoms. The summed E-state index contributed by atoms with van der Waals surface area (Å²) in [5.74, 6) is -0.194. The third kappa shape index (κ3) is 40.5. The number of nitrogens with one attached hydrogen (secondary N) is 1. The third-order valence-corrected chi connectivity index (χ3v) is 13.4. The quantitative estimate of drug-likeness (QED) is 0.0261. The van der Waals surface area contributed by atoms with E-state index in [1.54, 1.807) is 6.08 Å². The van der Waals surface area contributed by atoms with Gasteiger partial charge in [-0.3, -0.25) is 4.79 Å². The van der Waals surface area contributed by atoms with Gasteiger partial charge in [-0.2, -0.15) is 0 Å². The summed E-state index contributed by atoms with van der Waals surface area (Å²) in [4.78, 5) is 13.1. The molecule has 0 radical (unpaired) electrons. The number of unbranched alkanes of at least 4 members (excludes halogenated alkanes) is 25. The second-order valence-corrected chi connectivity index (χ2v) is 20.0. The molecule has 7 atom stereocenters. The molecule has 0 aromatic rings. The fourth-order valence-corrected chi connectivity index (χ4v) is 8.76. The van der Waals surface area contributed by atoms with Crippen molar-refractivity contribution < 1.29 is 39.8 Å². The Kier molecular flexibility index (Phi) is 48.1.